The van der Waals surface area contributed by atoms with Gasteiger partial charge in [0.25, 0.3) is 0 Å². The van der Waals surface area contributed by atoms with E-state index in [1.165, 1.54) is 32.1 Å². The number of aliphatic carboxylic acids is 1. The first-order chi connectivity index (χ1) is 6.58. The van der Waals surface area contributed by atoms with Crippen molar-refractivity contribution in [2.45, 2.75) is 51.0 Å². The third kappa shape index (κ3) is 2.71. The highest BCUT2D eigenvalue weighted by atomic mass is 16.4. The number of rotatable bonds is 4. The lowest BCUT2D eigenvalue weighted by atomic mass is 9.80. The van der Waals surface area contributed by atoms with E-state index in [9.17, 15) is 4.79 Å². The smallest absolute Gasteiger partial charge is 0.323 e. The second kappa shape index (κ2) is 4.78. The molecule has 1 aliphatic carbocycles. The van der Waals surface area contributed by atoms with Crippen LogP contribution in [0.2, 0.25) is 0 Å². The molecular weight excluding hydrogens is 178 g/mol. The lowest BCUT2D eigenvalue weighted by Gasteiger charge is -2.31. The third-order valence-corrected chi connectivity index (χ3v) is 3.45. The van der Waals surface area contributed by atoms with Gasteiger partial charge in [-0.25, -0.2) is 0 Å². The van der Waals surface area contributed by atoms with Gasteiger partial charge in [0, 0.05) is 0 Å². The molecule has 1 atom stereocenters. The van der Waals surface area contributed by atoms with Gasteiger partial charge in [-0.1, -0.05) is 32.1 Å². The standard InChI is InChI=1S/C11H21NO2/c1-11(12-2,10(13)14)8-9-6-4-3-5-7-9/h9,12H,3-8H2,1-2H3,(H,13,14)/t11-/m0/s1. The minimum atomic E-state index is -0.734. The zero-order valence-electron chi connectivity index (χ0n) is 9.18. The molecule has 3 heteroatoms. The molecule has 1 aliphatic rings. The Morgan fingerprint density at radius 1 is 1.43 bits per heavy atom. The van der Waals surface area contributed by atoms with Gasteiger partial charge in [-0.15, -0.1) is 0 Å². The van der Waals surface area contributed by atoms with Crippen molar-refractivity contribution in [2.75, 3.05) is 7.05 Å². The summed E-state index contributed by atoms with van der Waals surface area (Å²) in [6, 6.07) is 0. The Morgan fingerprint density at radius 2 is 2.00 bits per heavy atom. The maximum Gasteiger partial charge on any atom is 0.323 e. The fourth-order valence-corrected chi connectivity index (χ4v) is 2.26. The van der Waals surface area contributed by atoms with Gasteiger partial charge in [-0.05, 0) is 26.3 Å². The molecule has 0 aromatic heterocycles. The monoisotopic (exact) mass is 199 g/mol. The second-order valence-electron chi connectivity index (χ2n) is 4.60. The third-order valence-electron chi connectivity index (χ3n) is 3.45. The van der Waals surface area contributed by atoms with Gasteiger partial charge in [0.15, 0.2) is 0 Å². The second-order valence-corrected chi connectivity index (χ2v) is 4.60. The van der Waals surface area contributed by atoms with Crippen molar-refractivity contribution in [3.63, 3.8) is 0 Å². The summed E-state index contributed by atoms with van der Waals surface area (Å²) in [6.45, 7) is 1.78. The molecule has 1 saturated carbocycles. The zero-order valence-corrected chi connectivity index (χ0v) is 9.18. The summed E-state index contributed by atoms with van der Waals surface area (Å²) in [5, 5.41) is 12.0. The van der Waals surface area contributed by atoms with Gasteiger partial charge in [-0.3, -0.25) is 4.79 Å². The first-order valence-electron chi connectivity index (χ1n) is 5.51. The summed E-state index contributed by atoms with van der Waals surface area (Å²) >= 11 is 0. The number of carbonyl (C=O) groups is 1. The van der Waals surface area contributed by atoms with Crippen LogP contribution in [-0.2, 0) is 4.79 Å². The molecule has 82 valence electrons. The molecule has 0 bridgehead atoms. The van der Waals surface area contributed by atoms with E-state index in [2.05, 4.69) is 5.32 Å². The van der Waals surface area contributed by atoms with Crippen LogP contribution in [0.15, 0.2) is 0 Å². The normalized spacial score (nSPS) is 23.0. The Morgan fingerprint density at radius 3 is 2.43 bits per heavy atom. The molecule has 1 rings (SSSR count). The molecular formula is C11H21NO2. The van der Waals surface area contributed by atoms with Crippen LogP contribution in [0.25, 0.3) is 0 Å². The van der Waals surface area contributed by atoms with Crippen molar-refractivity contribution in [3.8, 4) is 0 Å². The molecule has 0 amide bonds. The molecule has 2 N–H and O–H groups in total. The summed E-state index contributed by atoms with van der Waals surface area (Å²) < 4.78 is 0. The largest absolute Gasteiger partial charge is 0.480 e. The molecule has 3 nitrogen and oxygen atoms in total. The summed E-state index contributed by atoms with van der Waals surface area (Å²) in [7, 11) is 1.73. The minimum absolute atomic E-state index is 0.595. The first kappa shape index (κ1) is 11.5. The molecule has 0 aromatic rings. The van der Waals surface area contributed by atoms with Crippen LogP contribution in [0.1, 0.15) is 45.4 Å². The predicted molar refractivity (Wildman–Crippen MR) is 56.3 cm³/mol. The van der Waals surface area contributed by atoms with Crippen LogP contribution in [0, 0.1) is 5.92 Å². The van der Waals surface area contributed by atoms with Gasteiger partial charge in [-0.2, -0.15) is 0 Å². The summed E-state index contributed by atoms with van der Waals surface area (Å²) in [6.07, 6.45) is 7.02. The lowest BCUT2D eigenvalue weighted by Crippen LogP contribution is -2.49. The van der Waals surface area contributed by atoms with Crippen LogP contribution in [-0.4, -0.2) is 23.7 Å². The van der Waals surface area contributed by atoms with Crippen molar-refractivity contribution >= 4 is 5.97 Å². The van der Waals surface area contributed by atoms with Crippen LogP contribution in [0.4, 0.5) is 0 Å². The lowest BCUT2D eigenvalue weighted by molar-refractivity contribution is -0.144. The van der Waals surface area contributed by atoms with Gasteiger partial charge in [0.05, 0.1) is 0 Å². The Balaban J connectivity index is 2.50. The highest BCUT2D eigenvalue weighted by Gasteiger charge is 2.34. The van der Waals surface area contributed by atoms with Gasteiger partial charge in [0.1, 0.15) is 5.54 Å². The number of carboxylic acids is 1. The maximum absolute atomic E-state index is 11.1. The van der Waals surface area contributed by atoms with E-state index in [0.717, 1.165) is 6.42 Å². The fourth-order valence-electron chi connectivity index (χ4n) is 2.26. The maximum atomic E-state index is 11.1. The van der Waals surface area contributed by atoms with E-state index in [4.69, 9.17) is 5.11 Å². The molecule has 14 heavy (non-hydrogen) atoms. The van der Waals surface area contributed by atoms with E-state index >= 15 is 0 Å². The van der Waals surface area contributed by atoms with Crippen molar-refractivity contribution in [1.82, 2.24) is 5.32 Å². The average Bonchev–Trinajstić information content (AvgIpc) is 2.19. The first-order valence-corrected chi connectivity index (χ1v) is 5.51. The SMILES string of the molecule is CN[C@@](C)(CC1CCCCC1)C(=O)O. The summed E-state index contributed by atoms with van der Waals surface area (Å²) in [4.78, 5) is 11.1. The Bertz CT molecular complexity index is 199. The molecule has 0 heterocycles. The molecule has 0 aromatic carbocycles. The number of hydrogen-bond donors (Lipinski definition) is 2. The van der Waals surface area contributed by atoms with E-state index in [1.807, 2.05) is 0 Å². The molecule has 0 saturated heterocycles. The Kier molecular flexibility index (Phi) is 3.93. The van der Waals surface area contributed by atoms with Crippen molar-refractivity contribution in [2.24, 2.45) is 5.92 Å². The van der Waals surface area contributed by atoms with Crippen LogP contribution in [0.5, 0.6) is 0 Å². The minimum Gasteiger partial charge on any atom is -0.480 e. The zero-order chi connectivity index (χ0) is 10.6. The highest BCUT2D eigenvalue weighted by Crippen LogP contribution is 2.30. The van der Waals surface area contributed by atoms with E-state index in [-0.39, 0.29) is 0 Å². The molecule has 0 spiro atoms. The molecule has 0 unspecified atom stereocenters. The number of likely N-dealkylation sites (N-methyl/N-ethyl adjacent to an activating group) is 1. The topological polar surface area (TPSA) is 49.3 Å². The molecule has 0 radical (unpaired) electrons. The quantitative estimate of drug-likeness (QED) is 0.728. The number of carboxylic acid groups (broad SMARTS) is 1. The summed E-state index contributed by atoms with van der Waals surface area (Å²) in [5.41, 5.74) is -0.734. The predicted octanol–water partition coefficient (Wildman–Crippen LogP) is 2.02. The van der Waals surface area contributed by atoms with Gasteiger partial charge < -0.3 is 10.4 Å². The average molecular weight is 199 g/mol. The van der Waals surface area contributed by atoms with Crippen LogP contribution in [0.3, 0.4) is 0 Å². The van der Waals surface area contributed by atoms with E-state index in [0.29, 0.717) is 5.92 Å². The van der Waals surface area contributed by atoms with Crippen molar-refractivity contribution in [1.29, 1.82) is 0 Å². The Hall–Kier alpha value is -0.570. The Labute approximate surface area is 85.9 Å². The van der Waals surface area contributed by atoms with E-state index < -0.39 is 11.5 Å². The van der Waals surface area contributed by atoms with Crippen molar-refractivity contribution < 1.29 is 9.90 Å². The van der Waals surface area contributed by atoms with Gasteiger partial charge in [0.2, 0.25) is 0 Å². The molecule has 0 aliphatic heterocycles. The van der Waals surface area contributed by atoms with Crippen molar-refractivity contribution in [3.05, 3.63) is 0 Å². The van der Waals surface area contributed by atoms with E-state index in [1.54, 1.807) is 14.0 Å². The molecule has 1 fully saturated rings. The highest BCUT2D eigenvalue weighted by molar-refractivity contribution is 5.78. The van der Waals surface area contributed by atoms with Crippen LogP contribution < -0.4 is 5.32 Å². The number of hydrogen-bond acceptors (Lipinski definition) is 2. The van der Waals surface area contributed by atoms with Crippen LogP contribution >= 0.6 is 0 Å². The number of nitrogens with one attached hydrogen (secondary N) is 1. The summed E-state index contributed by atoms with van der Waals surface area (Å²) in [5.74, 6) is -0.136. The fraction of sp³-hybridized carbons (Fsp3) is 0.909. The van der Waals surface area contributed by atoms with Gasteiger partial charge >= 0.3 is 5.97 Å².